The highest BCUT2D eigenvalue weighted by atomic mass is 28.3. The van der Waals surface area contributed by atoms with Crippen LogP contribution in [0.15, 0.2) is 264 Å². The van der Waals surface area contributed by atoms with Gasteiger partial charge in [-0.05, 0) is 170 Å². The zero-order valence-electron chi connectivity index (χ0n) is 54.0. The number of benzene rings is 13. The fourth-order valence-electron chi connectivity index (χ4n) is 16.2. The predicted octanol–water partition coefficient (Wildman–Crippen LogP) is 22.3. The molecule has 0 amide bonds. The van der Waals surface area contributed by atoms with E-state index in [1.54, 1.807) is 0 Å². The summed E-state index contributed by atoms with van der Waals surface area (Å²) < 4.78 is 14.7. The summed E-state index contributed by atoms with van der Waals surface area (Å²) in [6.45, 7) is 24.3. The van der Waals surface area contributed by atoms with E-state index in [9.17, 15) is 0 Å². The van der Waals surface area contributed by atoms with Crippen LogP contribution in [0.4, 0.5) is 34.1 Å². The molecule has 0 spiro atoms. The Morgan fingerprint density at radius 2 is 0.620 bits per heavy atom. The number of anilines is 6. The third-order valence-corrected chi connectivity index (χ3v) is 27.7. The van der Waals surface area contributed by atoms with E-state index in [0.717, 1.165) is 78.0 Å². The van der Waals surface area contributed by atoms with Crippen molar-refractivity contribution in [1.82, 2.24) is 0 Å². The lowest BCUT2D eigenvalue weighted by Crippen LogP contribution is -2.63. The van der Waals surface area contributed by atoms with Crippen molar-refractivity contribution in [3.05, 3.63) is 266 Å². The van der Waals surface area contributed by atoms with Crippen LogP contribution >= 0.6 is 0 Å². The molecule has 4 nitrogen and oxygen atoms in total. The lowest BCUT2D eigenvalue weighted by molar-refractivity contribution is 0.595. The number of para-hydroxylation sites is 4. The molecule has 13 aromatic carbocycles. The molecule has 0 unspecified atom stereocenters. The number of furan rings is 2. The zero-order chi connectivity index (χ0) is 62.7. The minimum atomic E-state index is -2.61. The Morgan fingerprint density at radius 1 is 0.304 bits per heavy atom. The van der Waals surface area contributed by atoms with Crippen molar-refractivity contribution < 1.29 is 8.83 Å². The topological polar surface area (TPSA) is 32.8 Å². The maximum absolute atomic E-state index is 7.36. The van der Waals surface area contributed by atoms with Crippen LogP contribution in [0.3, 0.4) is 0 Å². The highest BCUT2D eigenvalue weighted by Crippen LogP contribution is 2.52. The maximum Gasteiger partial charge on any atom is 0.145 e. The molecule has 446 valence electrons. The van der Waals surface area contributed by atoms with E-state index >= 15 is 0 Å². The number of hydrogen-bond acceptors (Lipinski definition) is 4. The number of nitrogens with zero attached hydrogens (tertiary/aromatic N) is 2. The molecule has 15 aromatic rings. The SMILES string of the molecule is CC(C)(C)c1ccc(-c2ccc(N(c3ccccc3)c3cc4c(c5oc6ccccc6c35)-c3ccc5c(c3[Si]4(C)C)[Si](C)(C)c3cc(N(c4ccccc4)c4ccc(-c6ccc(C(C)(C)C)c7ccccc67)cc4)c4c(oc6ccccc64)c3-5)cc2)c2ccccc12. The van der Waals surface area contributed by atoms with Crippen LogP contribution in [-0.2, 0) is 10.8 Å². The fraction of sp³-hybridized carbons (Fsp3) is 0.140. The van der Waals surface area contributed by atoms with Gasteiger partial charge in [-0.3, -0.25) is 0 Å². The average molecular weight is 1220 g/mol. The van der Waals surface area contributed by atoms with Gasteiger partial charge in [-0.25, -0.2) is 0 Å². The highest BCUT2D eigenvalue weighted by molar-refractivity contribution is 7.13. The molecule has 0 radical (unpaired) electrons. The van der Waals surface area contributed by atoms with Gasteiger partial charge >= 0.3 is 0 Å². The minimum absolute atomic E-state index is 0.0170. The Balaban J connectivity index is 0.839. The van der Waals surface area contributed by atoms with Gasteiger partial charge in [-0.2, -0.15) is 0 Å². The molecule has 2 aliphatic heterocycles. The number of rotatable bonds is 8. The van der Waals surface area contributed by atoms with Crippen LogP contribution in [-0.4, -0.2) is 16.1 Å². The molecule has 0 fully saturated rings. The quantitative estimate of drug-likeness (QED) is 0.142. The molecule has 2 aromatic heterocycles. The van der Waals surface area contributed by atoms with Crippen LogP contribution in [0.5, 0.6) is 0 Å². The third kappa shape index (κ3) is 8.32. The first kappa shape index (κ1) is 56.0. The van der Waals surface area contributed by atoms with Crippen molar-refractivity contribution in [3.8, 4) is 44.5 Å². The van der Waals surface area contributed by atoms with E-state index in [1.807, 2.05) is 0 Å². The second-order valence-corrected chi connectivity index (χ2v) is 37.3. The number of hydrogen-bond donors (Lipinski definition) is 0. The van der Waals surface area contributed by atoms with E-state index in [-0.39, 0.29) is 10.8 Å². The van der Waals surface area contributed by atoms with E-state index in [1.165, 1.54) is 97.9 Å². The van der Waals surface area contributed by atoms with Crippen LogP contribution in [0, 0.1) is 0 Å². The Hall–Kier alpha value is -9.99. The number of fused-ring (bicyclic) bond motifs is 17. The molecule has 0 N–H and O–H groups in total. The molecule has 0 bridgehead atoms. The van der Waals surface area contributed by atoms with E-state index in [4.69, 9.17) is 8.83 Å². The van der Waals surface area contributed by atoms with E-state index in [0.29, 0.717) is 0 Å². The van der Waals surface area contributed by atoms with Crippen molar-refractivity contribution >= 4 is 136 Å². The van der Waals surface area contributed by atoms with Gasteiger partial charge in [0.1, 0.15) is 38.5 Å². The fourth-order valence-corrected chi connectivity index (χ4v) is 24.7. The normalized spacial score (nSPS) is 13.9. The van der Waals surface area contributed by atoms with Crippen LogP contribution in [0.2, 0.25) is 26.2 Å². The lowest BCUT2D eigenvalue weighted by atomic mass is 9.82. The lowest BCUT2D eigenvalue weighted by Gasteiger charge is -2.30. The minimum Gasteiger partial charge on any atom is -0.455 e. The summed E-state index contributed by atoms with van der Waals surface area (Å²) in [6.07, 6.45) is 0. The summed E-state index contributed by atoms with van der Waals surface area (Å²) in [4.78, 5) is 4.97. The van der Waals surface area contributed by atoms with E-state index < -0.39 is 16.1 Å². The van der Waals surface area contributed by atoms with Crippen LogP contribution < -0.4 is 30.5 Å². The summed E-state index contributed by atoms with van der Waals surface area (Å²) in [5.74, 6) is 0. The third-order valence-electron chi connectivity index (χ3n) is 20.4. The molecule has 92 heavy (non-hydrogen) atoms. The largest absolute Gasteiger partial charge is 0.455 e. The summed E-state index contributed by atoms with van der Waals surface area (Å²) in [5, 5.41) is 15.5. The smallest absolute Gasteiger partial charge is 0.145 e. The molecule has 0 atom stereocenters. The first-order valence-corrected chi connectivity index (χ1v) is 38.6. The maximum atomic E-state index is 7.36. The molecular formula is C86H72N2O2Si2. The highest BCUT2D eigenvalue weighted by Gasteiger charge is 2.50. The Labute approximate surface area is 540 Å². The summed E-state index contributed by atoms with van der Waals surface area (Å²) in [6, 6.07) is 94.9. The van der Waals surface area contributed by atoms with Gasteiger partial charge in [0.05, 0.1) is 22.1 Å². The van der Waals surface area contributed by atoms with Gasteiger partial charge in [0.2, 0.25) is 0 Å². The predicted molar refractivity (Wildman–Crippen MR) is 398 cm³/mol. The van der Waals surface area contributed by atoms with Crippen molar-refractivity contribution in [1.29, 1.82) is 0 Å². The van der Waals surface area contributed by atoms with Crippen molar-refractivity contribution in [3.63, 3.8) is 0 Å². The van der Waals surface area contributed by atoms with Gasteiger partial charge in [-0.1, -0.05) is 250 Å². The second kappa shape index (κ2) is 20.3. The Bertz CT molecular complexity index is 5180. The molecule has 6 heteroatoms. The molecule has 0 saturated heterocycles. The first-order chi connectivity index (χ1) is 44.4. The second-order valence-electron chi connectivity index (χ2n) is 28.8. The van der Waals surface area contributed by atoms with Gasteiger partial charge in [0, 0.05) is 44.6 Å². The van der Waals surface area contributed by atoms with Gasteiger partial charge in [-0.15, -0.1) is 0 Å². The molecule has 4 heterocycles. The molecule has 0 aliphatic carbocycles. The molecular weight excluding hydrogens is 1150 g/mol. The average Bonchev–Trinajstić information content (AvgIpc) is 1.51. The van der Waals surface area contributed by atoms with Crippen molar-refractivity contribution in [2.24, 2.45) is 0 Å². The van der Waals surface area contributed by atoms with Crippen LogP contribution in [0.25, 0.3) is 110 Å². The first-order valence-electron chi connectivity index (χ1n) is 32.6. The molecule has 17 rings (SSSR count). The Morgan fingerprint density at radius 3 is 0.989 bits per heavy atom. The summed E-state index contributed by atoms with van der Waals surface area (Å²) in [5.41, 5.74) is 23.1. The van der Waals surface area contributed by atoms with Gasteiger partial charge in [0.15, 0.2) is 0 Å². The zero-order valence-corrected chi connectivity index (χ0v) is 56.0. The van der Waals surface area contributed by atoms with Gasteiger partial charge < -0.3 is 18.6 Å². The molecule has 0 saturated carbocycles. The van der Waals surface area contributed by atoms with Crippen molar-refractivity contribution in [2.45, 2.75) is 78.6 Å². The summed E-state index contributed by atoms with van der Waals surface area (Å²) in [7, 11) is -5.21. The monoisotopic (exact) mass is 1220 g/mol. The van der Waals surface area contributed by atoms with E-state index in [2.05, 4.69) is 332 Å². The molecule has 2 aliphatic rings. The van der Waals surface area contributed by atoms with Crippen LogP contribution in [0.1, 0.15) is 52.7 Å². The van der Waals surface area contributed by atoms with Crippen molar-refractivity contribution in [2.75, 3.05) is 9.80 Å². The van der Waals surface area contributed by atoms with Gasteiger partial charge in [0.25, 0.3) is 0 Å². The standard InChI is InChI=1S/C86H72N2O2Si2/c1-85(2,3)69-49-47-59(61-29-17-19-31-63(61)69)53-37-41-57(42-38-53)87(55-25-13-11-14-26-55)71-51-75-79(81-77(71)65-33-21-23-35-73(65)89-81)67-45-46-68-80-76(92(9,10)84(68)83(67)91(75,7)8)52-72(78-66-34-22-24-36-74(66)90-82(78)80)88(56-27-15-12-16-28-56)58-43-39-54(40-44-58)60-48-50-70(86(4,5)6)64-32-20-18-30-62(60)64/h11-52H,1-10H3. The Kier molecular flexibility index (Phi) is 12.3. The summed E-state index contributed by atoms with van der Waals surface area (Å²) >= 11 is 0.